The first-order chi connectivity index (χ1) is 7.02. The van der Waals surface area contributed by atoms with Crippen LogP contribution >= 0.6 is 10.8 Å². The minimum Gasteiger partial charge on any atom is -0.396 e. The van der Waals surface area contributed by atoms with Crippen molar-refractivity contribution in [2.24, 2.45) is 17.8 Å². The van der Waals surface area contributed by atoms with E-state index in [1.54, 1.807) is 0 Å². The first-order valence-corrected chi connectivity index (χ1v) is 8.29. The van der Waals surface area contributed by atoms with Gasteiger partial charge in [0.25, 0.3) is 0 Å². The molecule has 1 saturated heterocycles. The number of aliphatic hydroxyl groups excluding tert-OH is 1. The second-order valence-electron chi connectivity index (χ2n) is 4.46. The third kappa shape index (κ3) is 2.47. The lowest BCUT2D eigenvalue weighted by molar-refractivity contribution is 0.0544. The molecule has 3 nitrogen and oxygen atoms in total. The standard InChI is InChI=1S/C9H15FO3S2/c10-9-2-7-4-14-15(12,13)5-8(7)1-6(9)3-11/h6-9,11H,1-5H2. The molecule has 2 rings (SSSR count). The molecular formula is C9H15FO3S2. The molecule has 0 aromatic rings. The molecule has 0 bridgehead atoms. The van der Waals surface area contributed by atoms with Crippen molar-refractivity contribution in [2.75, 3.05) is 18.1 Å². The highest BCUT2D eigenvalue weighted by molar-refractivity contribution is 8.72. The van der Waals surface area contributed by atoms with Gasteiger partial charge in [-0.1, -0.05) is 0 Å². The van der Waals surface area contributed by atoms with Gasteiger partial charge in [-0.3, -0.25) is 0 Å². The Labute approximate surface area is 92.8 Å². The van der Waals surface area contributed by atoms with Crippen LogP contribution in [-0.4, -0.2) is 37.8 Å². The number of alkyl halides is 1. The fraction of sp³-hybridized carbons (Fsp3) is 1.00. The van der Waals surface area contributed by atoms with E-state index in [4.69, 9.17) is 5.11 Å². The van der Waals surface area contributed by atoms with Gasteiger partial charge in [-0.05, 0) is 35.5 Å². The molecule has 0 radical (unpaired) electrons. The number of rotatable bonds is 1. The van der Waals surface area contributed by atoms with E-state index in [-0.39, 0.29) is 30.1 Å². The lowest BCUT2D eigenvalue weighted by Gasteiger charge is -2.39. The van der Waals surface area contributed by atoms with Crippen LogP contribution in [0.25, 0.3) is 0 Å². The van der Waals surface area contributed by atoms with Crippen LogP contribution in [0.1, 0.15) is 12.8 Å². The highest BCUT2D eigenvalue weighted by atomic mass is 33.1. The van der Waals surface area contributed by atoms with Gasteiger partial charge in [-0.15, -0.1) is 0 Å². The molecule has 0 amide bonds. The zero-order valence-electron chi connectivity index (χ0n) is 8.30. The highest BCUT2D eigenvalue weighted by Gasteiger charge is 2.42. The van der Waals surface area contributed by atoms with Gasteiger partial charge in [0.15, 0.2) is 0 Å². The largest absolute Gasteiger partial charge is 0.396 e. The molecule has 15 heavy (non-hydrogen) atoms. The molecule has 0 spiro atoms. The molecule has 0 aromatic carbocycles. The van der Waals surface area contributed by atoms with E-state index in [0.717, 1.165) is 10.8 Å². The van der Waals surface area contributed by atoms with Gasteiger partial charge >= 0.3 is 0 Å². The summed E-state index contributed by atoms with van der Waals surface area (Å²) in [4.78, 5) is 0. The van der Waals surface area contributed by atoms with Crippen LogP contribution < -0.4 is 0 Å². The van der Waals surface area contributed by atoms with Crippen LogP contribution in [0.2, 0.25) is 0 Å². The third-order valence-electron chi connectivity index (χ3n) is 3.43. The van der Waals surface area contributed by atoms with E-state index in [0.29, 0.717) is 18.6 Å². The van der Waals surface area contributed by atoms with Crippen molar-refractivity contribution in [3.8, 4) is 0 Å². The van der Waals surface area contributed by atoms with Crippen molar-refractivity contribution in [3.63, 3.8) is 0 Å². The van der Waals surface area contributed by atoms with Crippen molar-refractivity contribution in [1.82, 2.24) is 0 Å². The van der Waals surface area contributed by atoms with Crippen molar-refractivity contribution in [1.29, 1.82) is 0 Å². The normalized spacial score (nSPS) is 44.7. The fourth-order valence-corrected chi connectivity index (χ4v) is 6.28. The molecule has 6 heteroatoms. The minimum atomic E-state index is -2.99. The van der Waals surface area contributed by atoms with E-state index >= 15 is 0 Å². The predicted octanol–water partition coefficient (Wildman–Crippen LogP) is 1.04. The van der Waals surface area contributed by atoms with Gasteiger partial charge in [-0.25, -0.2) is 12.8 Å². The highest BCUT2D eigenvalue weighted by Crippen LogP contribution is 2.43. The van der Waals surface area contributed by atoms with Crippen LogP contribution in [0.5, 0.6) is 0 Å². The number of halogens is 1. The summed E-state index contributed by atoms with van der Waals surface area (Å²) in [6, 6.07) is 0. The molecular weight excluding hydrogens is 239 g/mol. The van der Waals surface area contributed by atoms with Crippen LogP contribution in [0.3, 0.4) is 0 Å². The Bertz CT molecular complexity index is 330. The molecule has 1 heterocycles. The van der Waals surface area contributed by atoms with E-state index in [1.807, 2.05) is 0 Å². The van der Waals surface area contributed by atoms with E-state index in [2.05, 4.69) is 0 Å². The molecule has 1 aliphatic heterocycles. The van der Waals surface area contributed by atoms with Gasteiger partial charge in [0, 0.05) is 18.3 Å². The summed E-state index contributed by atoms with van der Waals surface area (Å²) >= 11 is 0. The molecule has 0 aromatic heterocycles. The Morgan fingerprint density at radius 1 is 1.33 bits per heavy atom. The molecule has 1 aliphatic carbocycles. The number of hydrogen-bond acceptors (Lipinski definition) is 4. The Kier molecular flexibility index (Phi) is 3.28. The molecule has 2 fully saturated rings. The van der Waals surface area contributed by atoms with Crippen LogP contribution in [0, 0.1) is 17.8 Å². The summed E-state index contributed by atoms with van der Waals surface area (Å²) in [6.45, 7) is -0.169. The van der Waals surface area contributed by atoms with Gasteiger partial charge in [0.05, 0.1) is 5.75 Å². The summed E-state index contributed by atoms with van der Waals surface area (Å²) in [5.74, 6) is 0.554. The SMILES string of the molecule is O=S1(=O)CC2CC(CO)C(F)CC2CS1. The average molecular weight is 254 g/mol. The van der Waals surface area contributed by atoms with Crippen LogP contribution in [-0.2, 0) is 8.87 Å². The molecule has 4 unspecified atom stereocenters. The lowest BCUT2D eigenvalue weighted by atomic mass is 9.75. The van der Waals surface area contributed by atoms with Crippen molar-refractivity contribution >= 4 is 19.7 Å². The average Bonchev–Trinajstić information content (AvgIpc) is 2.17. The first-order valence-electron chi connectivity index (χ1n) is 5.14. The quantitative estimate of drug-likeness (QED) is 0.710. The Balaban J connectivity index is 2.08. The second-order valence-corrected chi connectivity index (χ2v) is 8.71. The predicted molar refractivity (Wildman–Crippen MR) is 57.9 cm³/mol. The summed E-state index contributed by atoms with van der Waals surface area (Å²) in [5.41, 5.74) is 0. The van der Waals surface area contributed by atoms with Crippen LogP contribution in [0.15, 0.2) is 0 Å². The number of aliphatic hydroxyl groups is 1. The summed E-state index contributed by atoms with van der Waals surface area (Å²) in [7, 11) is -2.03. The topological polar surface area (TPSA) is 54.4 Å². The zero-order chi connectivity index (χ0) is 11.1. The Morgan fingerprint density at radius 3 is 2.73 bits per heavy atom. The number of fused-ring (bicyclic) bond motifs is 1. The lowest BCUT2D eigenvalue weighted by Crippen LogP contribution is -2.41. The number of hydrogen-bond donors (Lipinski definition) is 1. The van der Waals surface area contributed by atoms with Gasteiger partial charge in [-0.2, -0.15) is 0 Å². The van der Waals surface area contributed by atoms with Crippen molar-refractivity contribution in [3.05, 3.63) is 0 Å². The fourth-order valence-electron chi connectivity index (χ4n) is 2.50. The van der Waals surface area contributed by atoms with E-state index in [1.165, 1.54) is 0 Å². The van der Waals surface area contributed by atoms with Crippen molar-refractivity contribution < 1.29 is 17.9 Å². The maximum absolute atomic E-state index is 13.5. The molecule has 2 aliphatic rings. The third-order valence-corrected chi connectivity index (χ3v) is 7.08. The maximum atomic E-state index is 13.5. The minimum absolute atomic E-state index is 0.0559. The Hall–Kier alpha value is 0.190. The molecule has 1 N–H and O–H groups in total. The summed E-state index contributed by atoms with van der Waals surface area (Å²) in [6.07, 6.45) is -0.0294. The second kappa shape index (κ2) is 4.22. The zero-order valence-corrected chi connectivity index (χ0v) is 9.94. The molecule has 88 valence electrons. The molecule has 1 saturated carbocycles. The Morgan fingerprint density at radius 2 is 2.07 bits per heavy atom. The summed E-state index contributed by atoms with van der Waals surface area (Å²) in [5, 5.41) is 8.99. The van der Waals surface area contributed by atoms with Crippen LogP contribution in [0.4, 0.5) is 4.39 Å². The van der Waals surface area contributed by atoms with Crippen molar-refractivity contribution in [2.45, 2.75) is 19.0 Å². The monoisotopic (exact) mass is 254 g/mol. The molecule has 4 atom stereocenters. The van der Waals surface area contributed by atoms with Gasteiger partial charge in [0.1, 0.15) is 6.17 Å². The van der Waals surface area contributed by atoms with E-state index < -0.39 is 15.0 Å². The van der Waals surface area contributed by atoms with Gasteiger partial charge < -0.3 is 5.11 Å². The van der Waals surface area contributed by atoms with E-state index in [9.17, 15) is 12.8 Å². The first kappa shape index (κ1) is 11.7. The maximum Gasteiger partial charge on any atom is 0.201 e. The summed E-state index contributed by atoms with van der Waals surface area (Å²) < 4.78 is 36.3. The van der Waals surface area contributed by atoms with Gasteiger partial charge in [0.2, 0.25) is 8.87 Å². The smallest absolute Gasteiger partial charge is 0.201 e.